The molecule has 2 aromatic rings. The lowest BCUT2D eigenvalue weighted by Crippen LogP contribution is -2.49. The summed E-state index contributed by atoms with van der Waals surface area (Å²) in [7, 11) is 1.84. The first-order valence-corrected chi connectivity index (χ1v) is 9.80. The van der Waals surface area contributed by atoms with Crippen molar-refractivity contribution in [2.45, 2.75) is 18.9 Å². The number of hydrogen-bond donors (Lipinski definition) is 2. The predicted octanol–water partition coefficient (Wildman–Crippen LogP) is 2.87. The molecule has 1 saturated heterocycles. The van der Waals surface area contributed by atoms with Gasteiger partial charge in [-0.1, -0.05) is 17.7 Å². The smallest absolute Gasteiger partial charge is 0.407 e. The van der Waals surface area contributed by atoms with Gasteiger partial charge in [0.1, 0.15) is 12.1 Å². The highest BCUT2D eigenvalue weighted by molar-refractivity contribution is 6.35. The van der Waals surface area contributed by atoms with E-state index in [1.54, 1.807) is 0 Å². The van der Waals surface area contributed by atoms with Gasteiger partial charge in [0.2, 0.25) is 0 Å². The van der Waals surface area contributed by atoms with Crippen molar-refractivity contribution in [3.05, 3.63) is 35.4 Å². The molecule has 28 heavy (non-hydrogen) atoms. The van der Waals surface area contributed by atoms with Crippen molar-refractivity contribution >= 4 is 40.7 Å². The van der Waals surface area contributed by atoms with Crippen molar-refractivity contribution in [1.29, 1.82) is 0 Å². The number of nitrogens with one attached hydrogen (secondary N) is 1. The maximum Gasteiger partial charge on any atom is 0.407 e. The van der Waals surface area contributed by atoms with E-state index in [2.05, 4.69) is 10.2 Å². The summed E-state index contributed by atoms with van der Waals surface area (Å²) >= 11 is 6.22. The number of aldehydes is 1. The van der Waals surface area contributed by atoms with Crippen LogP contribution < -0.4 is 10.2 Å². The van der Waals surface area contributed by atoms with Crippen LogP contribution in [0.3, 0.4) is 0 Å². The highest BCUT2D eigenvalue weighted by Gasteiger charge is 2.28. The van der Waals surface area contributed by atoms with Gasteiger partial charge in [-0.25, -0.2) is 9.78 Å². The van der Waals surface area contributed by atoms with E-state index in [0.717, 1.165) is 47.6 Å². The number of fused-ring (bicyclic) bond motifs is 1. The number of benzene rings is 1. The number of halogens is 1. The molecular weight excluding hydrogens is 380 g/mol. The minimum Gasteiger partial charge on any atom is -0.465 e. The van der Waals surface area contributed by atoms with Crippen molar-refractivity contribution < 1.29 is 14.7 Å². The molecule has 1 aliphatic heterocycles. The second kappa shape index (κ2) is 9.21. The summed E-state index contributed by atoms with van der Waals surface area (Å²) in [5.41, 5.74) is 0.881. The lowest BCUT2D eigenvalue weighted by atomic mass is 9.89. The molecule has 1 aromatic carbocycles. The summed E-state index contributed by atoms with van der Waals surface area (Å²) in [6.45, 7) is 1.91. The molecule has 0 radical (unpaired) electrons. The maximum atomic E-state index is 11.3. The van der Waals surface area contributed by atoms with Crippen molar-refractivity contribution in [3.8, 4) is 0 Å². The largest absolute Gasteiger partial charge is 0.465 e. The van der Waals surface area contributed by atoms with E-state index in [-0.39, 0.29) is 12.6 Å². The lowest BCUT2D eigenvalue weighted by molar-refractivity contribution is -0.108. The number of pyridine rings is 1. The van der Waals surface area contributed by atoms with Gasteiger partial charge in [0.15, 0.2) is 0 Å². The van der Waals surface area contributed by atoms with Crippen molar-refractivity contribution in [2.24, 2.45) is 5.92 Å². The zero-order valence-electron chi connectivity index (χ0n) is 15.8. The van der Waals surface area contributed by atoms with E-state index < -0.39 is 6.09 Å². The molecule has 1 atom stereocenters. The molecule has 1 aliphatic rings. The number of carbonyl (C=O) groups excluding carboxylic acids is 1. The van der Waals surface area contributed by atoms with Crippen LogP contribution in [0.4, 0.5) is 10.6 Å². The van der Waals surface area contributed by atoms with Crippen LogP contribution in [0.1, 0.15) is 12.8 Å². The Hall–Kier alpha value is -2.38. The average Bonchev–Trinajstić information content (AvgIpc) is 2.71. The minimum absolute atomic E-state index is 0.0153. The highest BCUT2D eigenvalue weighted by atomic mass is 35.5. The fraction of sp³-hybridized carbons (Fsp3) is 0.450. The molecule has 1 amide bonds. The fourth-order valence-electron chi connectivity index (χ4n) is 3.85. The Bertz CT molecular complexity index is 839. The molecule has 2 heterocycles. The van der Waals surface area contributed by atoms with Gasteiger partial charge in [-0.3, -0.25) is 4.90 Å². The number of carboxylic acid groups (broad SMARTS) is 1. The van der Waals surface area contributed by atoms with Gasteiger partial charge in [-0.15, -0.1) is 0 Å². The predicted molar refractivity (Wildman–Crippen MR) is 110 cm³/mol. The zero-order valence-corrected chi connectivity index (χ0v) is 16.6. The van der Waals surface area contributed by atoms with Gasteiger partial charge < -0.3 is 20.1 Å². The molecule has 150 valence electrons. The van der Waals surface area contributed by atoms with E-state index in [1.165, 1.54) is 0 Å². The number of nitrogens with zero attached hydrogens (tertiary/aromatic N) is 3. The normalized spacial score (nSPS) is 16.1. The Kier molecular flexibility index (Phi) is 6.70. The summed E-state index contributed by atoms with van der Waals surface area (Å²) in [6, 6.07) is 9.74. The van der Waals surface area contributed by atoms with E-state index >= 15 is 0 Å². The molecule has 0 aliphatic carbocycles. The maximum absolute atomic E-state index is 11.3. The molecule has 8 heteroatoms. The Labute approximate surface area is 169 Å². The first-order chi connectivity index (χ1) is 13.5. The summed E-state index contributed by atoms with van der Waals surface area (Å²) in [5.74, 6) is 1.27. The third kappa shape index (κ3) is 4.54. The molecule has 7 nitrogen and oxygen atoms in total. The Morgan fingerprint density at radius 3 is 2.79 bits per heavy atom. The van der Waals surface area contributed by atoms with Gasteiger partial charge >= 0.3 is 6.09 Å². The number of amides is 1. The topological polar surface area (TPSA) is 85.8 Å². The van der Waals surface area contributed by atoms with Crippen LogP contribution in [-0.2, 0) is 4.79 Å². The van der Waals surface area contributed by atoms with Crippen LogP contribution in [0.5, 0.6) is 0 Å². The van der Waals surface area contributed by atoms with Gasteiger partial charge in [0.05, 0.1) is 12.1 Å². The first-order valence-electron chi connectivity index (χ1n) is 9.42. The monoisotopic (exact) mass is 404 g/mol. The zero-order chi connectivity index (χ0) is 20.1. The van der Waals surface area contributed by atoms with Crippen LogP contribution in [0.2, 0.25) is 5.02 Å². The summed E-state index contributed by atoms with van der Waals surface area (Å²) < 4.78 is 0. The Morgan fingerprint density at radius 1 is 1.39 bits per heavy atom. The molecule has 1 fully saturated rings. The molecule has 0 saturated carbocycles. The van der Waals surface area contributed by atoms with Crippen LogP contribution >= 0.6 is 11.6 Å². The number of likely N-dealkylation sites (N-methyl/N-ethyl adjacent to an activating group) is 1. The average molecular weight is 405 g/mol. The summed E-state index contributed by atoms with van der Waals surface area (Å²) in [4.78, 5) is 30.2. The van der Waals surface area contributed by atoms with Crippen LogP contribution in [0, 0.1) is 5.92 Å². The fourth-order valence-corrected chi connectivity index (χ4v) is 4.08. The molecule has 0 spiro atoms. The van der Waals surface area contributed by atoms with Gasteiger partial charge in [0.25, 0.3) is 0 Å². The molecular formula is C20H25ClN4O3. The minimum atomic E-state index is -1.07. The van der Waals surface area contributed by atoms with E-state index in [1.807, 2.05) is 37.4 Å². The van der Waals surface area contributed by atoms with Crippen LogP contribution in [-0.4, -0.2) is 66.6 Å². The quantitative estimate of drug-likeness (QED) is 0.690. The highest BCUT2D eigenvalue weighted by Crippen LogP contribution is 2.28. The Balaban J connectivity index is 1.64. The number of carbonyl (C=O) groups is 2. The summed E-state index contributed by atoms with van der Waals surface area (Å²) in [5, 5.41) is 14.1. The second-order valence-electron chi connectivity index (χ2n) is 7.05. The molecule has 2 N–H and O–H groups in total. The van der Waals surface area contributed by atoms with E-state index in [9.17, 15) is 14.7 Å². The third-order valence-electron chi connectivity index (χ3n) is 5.45. The first kappa shape index (κ1) is 20.4. The number of piperidine rings is 1. The number of hydrogen-bond acceptors (Lipinski definition) is 5. The standard InChI is InChI=1S/C20H25ClN4O3/c1-22-18(13-25(11-12-26)20(27)28)14-7-9-24(10-8-14)19-6-5-15-16(21)3-2-4-17(15)23-19/h2-6,12,14,18,22H,7-11,13H2,1H3,(H,27,28). The van der Waals surface area contributed by atoms with Crippen molar-refractivity contribution in [1.82, 2.24) is 15.2 Å². The van der Waals surface area contributed by atoms with Crippen molar-refractivity contribution in [2.75, 3.05) is 38.1 Å². The Morgan fingerprint density at radius 2 is 2.14 bits per heavy atom. The lowest BCUT2D eigenvalue weighted by Gasteiger charge is -2.37. The second-order valence-corrected chi connectivity index (χ2v) is 7.46. The van der Waals surface area contributed by atoms with Crippen LogP contribution in [0.25, 0.3) is 10.9 Å². The number of rotatable bonds is 7. The number of anilines is 1. The molecule has 3 rings (SSSR count). The van der Waals surface area contributed by atoms with Gasteiger partial charge in [0, 0.05) is 36.1 Å². The van der Waals surface area contributed by atoms with Crippen LogP contribution in [0.15, 0.2) is 30.3 Å². The SMILES string of the molecule is CNC(CN(CC=O)C(=O)O)C1CCN(c2ccc3c(Cl)cccc3n2)CC1. The van der Waals surface area contributed by atoms with Gasteiger partial charge in [-0.05, 0) is 50.1 Å². The van der Waals surface area contributed by atoms with E-state index in [0.29, 0.717) is 23.8 Å². The molecule has 1 aromatic heterocycles. The summed E-state index contributed by atoms with van der Waals surface area (Å²) in [6.07, 6.45) is 1.41. The third-order valence-corrected chi connectivity index (χ3v) is 5.78. The number of aromatic nitrogens is 1. The van der Waals surface area contributed by atoms with Gasteiger partial charge in [-0.2, -0.15) is 0 Å². The molecule has 1 unspecified atom stereocenters. The molecule has 0 bridgehead atoms. The van der Waals surface area contributed by atoms with E-state index in [4.69, 9.17) is 16.6 Å². The van der Waals surface area contributed by atoms with Crippen molar-refractivity contribution in [3.63, 3.8) is 0 Å².